The van der Waals surface area contributed by atoms with Gasteiger partial charge in [0.1, 0.15) is 4.32 Å². The van der Waals surface area contributed by atoms with Crippen LogP contribution in [-0.4, -0.2) is 67.0 Å². The molecule has 0 aromatic heterocycles. The quantitative estimate of drug-likeness (QED) is 0.690. The van der Waals surface area contributed by atoms with Gasteiger partial charge in [-0.25, -0.2) is 13.4 Å². The van der Waals surface area contributed by atoms with Crippen molar-refractivity contribution < 1.29 is 17.9 Å². The molecule has 2 aliphatic rings. The zero-order chi connectivity index (χ0) is 17.5. The van der Waals surface area contributed by atoms with Crippen molar-refractivity contribution in [3.8, 4) is 0 Å². The number of carbonyl (C=O) groups excluding carboxylic acids is 1. The van der Waals surface area contributed by atoms with E-state index in [0.29, 0.717) is 37.6 Å². The fraction of sp³-hybridized carbons (Fsp3) is 0.467. The molecule has 0 radical (unpaired) electrons. The van der Waals surface area contributed by atoms with Crippen LogP contribution in [0.4, 0.5) is 0 Å². The Morgan fingerprint density at radius 1 is 1.21 bits per heavy atom. The molecule has 0 spiro atoms. The maximum atomic E-state index is 12.6. The van der Waals surface area contributed by atoms with E-state index in [-0.39, 0.29) is 10.8 Å². The Morgan fingerprint density at radius 2 is 1.79 bits per heavy atom. The molecule has 2 aliphatic heterocycles. The Morgan fingerprint density at radius 3 is 2.29 bits per heavy atom. The smallest absolute Gasteiger partial charge is 0.265 e. The van der Waals surface area contributed by atoms with Crippen LogP contribution in [0.5, 0.6) is 0 Å². The van der Waals surface area contributed by atoms with Gasteiger partial charge in [-0.05, 0) is 24.6 Å². The van der Waals surface area contributed by atoms with Gasteiger partial charge >= 0.3 is 0 Å². The van der Waals surface area contributed by atoms with Gasteiger partial charge in [-0.1, -0.05) is 28.1 Å². The van der Waals surface area contributed by atoms with Crippen LogP contribution in [0, 0.1) is 0 Å². The molecule has 0 aliphatic carbocycles. The van der Waals surface area contributed by atoms with Crippen LogP contribution in [0.3, 0.4) is 0 Å². The molecule has 0 N–H and O–H groups in total. The Balaban J connectivity index is 1.89. The summed E-state index contributed by atoms with van der Waals surface area (Å²) < 4.78 is 30.9. The van der Waals surface area contributed by atoms with Crippen molar-refractivity contribution in [3.63, 3.8) is 0 Å². The van der Waals surface area contributed by atoms with E-state index >= 15 is 0 Å². The second-order valence-corrected chi connectivity index (χ2v) is 9.35. The SMILES string of the molecule is CN1N=C(c2ccc(S(=O)(=O)N3CCOCC3)cc2)C(C)(Br)C1=O. The van der Waals surface area contributed by atoms with Gasteiger partial charge in [0.15, 0.2) is 0 Å². The molecule has 1 fully saturated rings. The number of hydrazone groups is 1. The van der Waals surface area contributed by atoms with Crippen molar-refractivity contribution in [2.75, 3.05) is 33.4 Å². The molecule has 130 valence electrons. The van der Waals surface area contributed by atoms with Crippen molar-refractivity contribution in [3.05, 3.63) is 29.8 Å². The van der Waals surface area contributed by atoms with E-state index in [1.54, 1.807) is 38.2 Å². The van der Waals surface area contributed by atoms with Crippen LogP contribution >= 0.6 is 15.9 Å². The summed E-state index contributed by atoms with van der Waals surface area (Å²) in [6.07, 6.45) is 0. The normalized spacial score (nSPS) is 25.9. The first kappa shape index (κ1) is 17.5. The molecule has 0 saturated carbocycles. The number of hydrogen-bond donors (Lipinski definition) is 0. The first-order chi connectivity index (χ1) is 11.2. The van der Waals surface area contributed by atoms with Gasteiger partial charge in [0.05, 0.1) is 23.8 Å². The molecule has 1 saturated heterocycles. The summed E-state index contributed by atoms with van der Waals surface area (Å²) in [7, 11) is -1.94. The third kappa shape index (κ3) is 2.90. The average Bonchev–Trinajstić information content (AvgIpc) is 2.79. The lowest BCUT2D eigenvalue weighted by Gasteiger charge is -2.26. The van der Waals surface area contributed by atoms with E-state index < -0.39 is 14.3 Å². The van der Waals surface area contributed by atoms with Gasteiger partial charge in [0.2, 0.25) is 10.0 Å². The molecule has 0 bridgehead atoms. The molecule has 24 heavy (non-hydrogen) atoms. The van der Waals surface area contributed by atoms with Gasteiger partial charge in [-0.15, -0.1) is 0 Å². The standard InChI is InChI=1S/C15H18BrN3O4S/c1-15(16)13(17-18(2)14(15)20)11-3-5-12(6-4-11)24(21,22)19-7-9-23-10-8-19/h3-6H,7-10H2,1-2H3. The van der Waals surface area contributed by atoms with E-state index in [4.69, 9.17) is 4.74 Å². The third-order valence-electron chi connectivity index (χ3n) is 4.13. The number of hydrogen-bond acceptors (Lipinski definition) is 5. The summed E-state index contributed by atoms with van der Waals surface area (Å²) in [6.45, 7) is 3.26. The van der Waals surface area contributed by atoms with E-state index in [2.05, 4.69) is 21.0 Å². The third-order valence-corrected chi connectivity index (χ3v) is 6.75. The van der Waals surface area contributed by atoms with E-state index in [0.717, 1.165) is 0 Å². The maximum Gasteiger partial charge on any atom is 0.265 e. The zero-order valence-electron chi connectivity index (χ0n) is 13.4. The fourth-order valence-corrected chi connectivity index (χ4v) is 4.72. The Labute approximate surface area is 149 Å². The van der Waals surface area contributed by atoms with Gasteiger partial charge in [-0.3, -0.25) is 4.79 Å². The summed E-state index contributed by atoms with van der Waals surface area (Å²) >= 11 is 3.41. The number of ether oxygens (including phenoxy) is 1. The lowest BCUT2D eigenvalue weighted by atomic mass is 9.99. The highest BCUT2D eigenvalue weighted by Crippen LogP contribution is 2.32. The molecular formula is C15H18BrN3O4S. The van der Waals surface area contributed by atoms with Crippen molar-refractivity contribution in [1.29, 1.82) is 0 Å². The lowest BCUT2D eigenvalue weighted by molar-refractivity contribution is -0.128. The first-order valence-corrected chi connectivity index (χ1v) is 9.72. The van der Waals surface area contributed by atoms with E-state index in [1.165, 1.54) is 9.31 Å². The topological polar surface area (TPSA) is 79.3 Å². The molecule has 2 heterocycles. The number of amides is 1. The summed E-state index contributed by atoms with van der Waals surface area (Å²) in [5.74, 6) is -0.164. The molecule has 1 atom stereocenters. The Hall–Kier alpha value is -1.29. The number of halogens is 1. The molecule has 1 amide bonds. The number of carbonyl (C=O) groups is 1. The van der Waals surface area contributed by atoms with Gasteiger partial charge in [0.25, 0.3) is 5.91 Å². The highest BCUT2D eigenvalue weighted by atomic mass is 79.9. The largest absolute Gasteiger partial charge is 0.379 e. The summed E-state index contributed by atoms with van der Waals surface area (Å²) in [6, 6.07) is 6.46. The minimum atomic E-state index is -3.53. The van der Waals surface area contributed by atoms with Gasteiger partial charge < -0.3 is 4.74 Å². The van der Waals surface area contributed by atoms with Crippen molar-refractivity contribution >= 4 is 37.6 Å². The molecule has 1 aromatic carbocycles. The Kier molecular flexibility index (Phi) is 4.54. The lowest BCUT2D eigenvalue weighted by Crippen LogP contribution is -2.40. The molecule has 1 aromatic rings. The summed E-state index contributed by atoms with van der Waals surface area (Å²) in [5, 5.41) is 5.53. The number of nitrogens with zero attached hydrogens (tertiary/aromatic N) is 3. The molecule has 7 nitrogen and oxygen atoms in total. The highest BCUT2D eigenvalue weighted by molar-refractivity contribution is 9.10. The summed E-state index contributed by atoms with van der Waals surface area (Å²) in [4.78, 5) is 12.3. The van der Waals surface area contributed by atoms with Crippen LogP contribution in [0.15, 0.2) is 34.3 Å². The first-order valence-electron chi connectivity index (χ1n) is 7.49. The van der Waals surface area contributed by atoms with Crippen LogP contribution < -0.4 is 0 Å². The number of benzene rings is 1. The highest BCUT2D eigenvalue weighted by Gasteiger charge is 2.44. The fourth-order valence-electron chi connectivity index (χ4n) is 2.74. The molecule has 3 rings (SSSR count). The number of alkyl halides is 1. The average molecular weight is 416 g/mol. The minimum Gasteiger partial charge on any atom is -0.379 e. The predicted octanol–water partition coefficient (Wildman–Crippen LogP) is 1.04. The van der Waals surface area contributed by atoms with E-state index in [1.807, 2.05) is 0 Å². The van der Waals surface area contributed by atoms with Gasteiger partial charge in [-0.2, -0.15) is 9.41 Å². The predicted molar refractivity (Wildman–Crippen MR) is 92.7 cm³/mol. The summed E-state index contributed by atoms with van der Waals surface area (Å²) in [5.41, 5.74) is 1.26. The molecular weight excluding hydrogens is 398 g/mol. The second kappa shape index (κ2) is 6.21. The minimum absolute atomic E-state index is 0.164. The second-order valence-electron chi connectivity index (χ2n) is 5.82. The maximum absolute atomic E-state index is 12.6. The van der Waals surface area contributed by atoms with Crippen LogP contribution in [0.25, 0.3) is 0 Å². The molecule has 1 unspecified atom stereocenters. The monoisotopic (exact) mass is 415 g/mol. The number of morpholine rings is 1. The van der Waals surface area contributed by atoms with E-state index in [9.17, 15) is 13.2 Å². The zero-order valence-corrected chi connectivity index (χ0v) is 15.8. The van der Waals surface area contributed by atoms with Crippen molar-refractivity contribution in [2.24, 2.45) is 5.10 Å². The van der Waals surface area contributed by atoms with Crippen molar-refractivity contribution in [1.82, 2.24) is 9.31 Å². The van der Waals surface area contributed by atoms with Crippen LogP contribution in [0.2, 0.25) is 0 Å². The van der Waals surface area contributed by atoms with Crippen LogP contribution in [0.1, 0.15) is 12.5 Å². The van der Waals surface area contributed by atoms with Crippen LogP contribution in [-0.2, 0) is 19.6 Å². The molecule has 9 heteroatoms. The van der Waals surface area contributed by atoms with Crippen molar-refractivity contribution in [2.45, 2.75) is 16.1 Å². The number of sulfonamides is 1. The number of rotatable bonds is 3. The van der Waals surface area contributed by atoms with Gasteiger partial charge in [0, 0.05) is 20.1 Å². The Bertz CT molecular complexity index is 783.